The molecule has 1 unspecified atom stereocenters. The van der Waals surface area contributed by atoms with Crippen LogP contribution in [0.5, 0.6) is 5.75 Å². The van der Waals surface area contributed by atoms with Gasteiger partial charge in [0, 0.05) is 22.8 Å². The summed E-state index contributed by atoms with van der Waals surface area (Å²) in [5.74, 6) is 0.0388. The maximum Gasteiger partial charge on any atom is 0.256 e. The lowest BCUT2D eigenvalue weighted by Crippen LogP contribution is -2.41. The van der Waals surface area contributed by atoms with Crippen molar-refractivity contribution in [3.05, 3.63) is 34.3 Å². The second kappa shape index (κ2) is 8.08. The third kappa shape index (κ3) is 4.43. The molecule has 0 saturated heterocycles. The lowest BCUT2D eigenvalue weighted by atomic mass is 10.0. The van der Waals surface area contributed by atoms with Gasteiger partial charge in [0.15, 0.2) is 6.79 Å². The average molecular weight is 411 g/mol. The van der Waals surface area contributed by atoms with Gasteiger partial charge in [0.2, 0.25) is 5.91 Å². The van der Waals surface area contributed by atoms with Gasteiger partial charge in [-0.3, -0.25) is 4.79 Å². The molecule has 126 valence electrons. The molecule has 2 rings (SSSR count). The summed E-state index contributed by atoms with van der Waals surface area (Å²) in [6.45, 7) is -0.597. The first-order chi connectivity index (χ1) is 10.9. The molecule has 0 bridgehead atoms. The number of alkyl halides is 3. The molecule has 1 atom stereocenters. The van der Waals surface area contributed by atoms with E-state index in [0.717, 1.165) is 4.90 Å². The highest BCUT2D eigenvalue weighted by Crippen LogP contribution is 2.34. The van der Waals surface area contributed by atoms with Gasteiger partial charge < -0.3 is 14.4 Å². The number of carbonyl (C=O) groups excluding carboxylic acids is 1. The molecule has 0 spiro atoms. The number of rotatable bonds is 6. The summed E-state index contributed by atoms with van der Waals surface area (Å²) in [4.78, 5) is 13.2. The zero-order chi connectivity index (χ0) is 17.0. The van der Waals surface area contributed by atoms with Gasteiger partial charge >= 0.3 is 0 Å². The van der Waals surface area contributed by atoms with E-state index >= 15 is 0 Å². The van der Waals surface area contributed by atoms with Crippen LogP contribution in [-0.2, 0) is 9.53 Å². The summed E-state index contributed by atoms with van der Waals surface area (Å²) in [5, 5.41) is -0.819. The highest BCUT2D eigenvalue weighted by atomic mass is 79.9. The summed E-state index contributed by atoms with van der Waals surface area (Å²) in [7, 11) is 1.51. The quantitative estimate of drug-likeness (QED) is 0.528. The molecule has 1 heterocycles. The molecule has 0 radical (unpaired) electrons. The van der Waals surface area contributed by atoms with Crippen LogP contribution in [-0.4, -0.2) is 43.1 Å². The number of hydrogen-bond acceptors (Lipinski definition) is 3. The molecule has 1 amide bonds. The predicted octanol–water partition coefficient (Wildman–Crippen LogP) is 3.88. The van der Waals surface area contributed by atoms with E-state index in [9.17, 15) is 13.6 Å². The maximum atomic E-state index is 12.8. The molecule has 0 aromatic heterocycles. The summed E-state index contributed by atoms with van der Waals surface area (Å²) < 4.78 is 36.4. The van der Waals surface area contributed by atoms with Crippen LogP contribution in [0.1, 0.15) is 12.0 Å². The van der Waals surface area contributed by atoms with Crippen molar-refractivity contribution >= 4 is 39.1 Å². The van der Waals surface area contributed by atoms with E-state index in [4.69, 9.17) is 21.1 Å². The van der Waals surface area contributed by atoms with Crippen molar-refractivity contribution in [2.45, 2.75) is 18.2 Å². The van der Waals surface area contributed by atoms with E-state index in [1.54, 1.807) is 24.3 Å². The monoisotopic (exact) mass is 409 g/mol. The molecule has 0 fully saturated rings. The molecule has 1 aliphatic rings. The summed E-state index contributed by atoms with van der Waals surface area (Å²) >= 11 is 9.28. The summed E-state index contributed by atoms with van der Waals surface area (Å²) in [6, 6.07) is 5.06. The average Bonchev–Trinajstić information content (AvgIpc) is 2.50. The van der Waals surface area contributed by atoms with E-state index in [2.05, 4.69) is 15.9 Å². The Morgan fingerprint density at radius 2 is 2.22 bits per heavy atom. The molecule has 1 aromatic carbocycles. The van der Waals surface area contributed by atoms with Gasteiger partial charge in [0.25, 0.3) is 6.43 Å². The number of methoxy groups -OCH3 is 1. The fourth-order valence-electron chi connectivity index (χ4n) is 2.22. The minimum absolute atomic E-state index is 0.0956. The second-order valence-electron chi connectivity index (χ2n) is 4.83. The fourth-order valence-corrected chi connectivity index (χ4v) is 2.98. The number of hydrogen-bond donors (Lipinski definition) is 0. The van der Waals surface area contributed by atoms with E-state index in [0.29, 0.717) is 27.9 Å². The predicted molar refractivity (Wildman–Crippen MR) is 86.6 cm³/mol. The molecule has 4 nitrogen and oxygen atoms in total. The Morgan fingerprint density at radius 1 is 1.48 bits per heavy atom. The first-order valence-electron chi connectivity index (χ1n) is 6.79. The number of benzene rings is 1. The number of carbonyl (C=O) groups is 1. The van der Waals surface area contributed by atoms with Gasteiger partial charge in [0.1, 0.15) is 11.1 Å². The Kier molecular flexibility index (Phi) is 6.38. The van der Waals surface area contributed by atoms with E-state index < -0.39 is 24.3 Å². The van der Waals surface area contributed by atoms with Gasteiger partial charge in [-0.2, -0.15) is 0 Å². The largest absolute Gasteiger partial charge is 0.468 e. The van der Waals surface area contributed by atoms with Crippen LogP contribution in [0.2, 0.25) is 0 Å². The number of amides is 1. The molecule has 0 saturated carbocycles. The molecule has 1 aromatic rings. The molecule has 8 heteroatoms. The molecule has 0 aliphatic carbocycles. The number of ether oxygens (including phenoxy) is 2. The van der Waals surface area contributed by atoms with Crippen LogP contribution >= 0.6 is 27.5 Å². The van der Waals surface area contributed by atoms with E-state index in [1.807, 2.05) is 0 Å². The van der Waals surface area contributed by atoms with Crippen molar-refractivity contribution in [3.63, 3.8) is 0 Å². The third-order valence-corrected chi connectivity index (χ3v) is 4.24. The van der Waals surface area contributed by atoms with Crippen molar-refractivity contribution in [2.24, 2.45) is 0 Å². The van der Waals surface area contributed by atoms with Crippen LogP contribution in [0.3, 0.4) is 0 Å². The number of allylic oxidation sites excluding steroid dienone is 1. The lowest BCUT2D eigenvalue weighted by Gasteiger charge is -2.31. The molecular weight excluding hydrogens is 396 g/mol. The van der Waals surface area contributed by atoms with Crippen LogP contribution < -0.4 is 4.74 Å². The van der Waals surface area contributed by atoms with E-state index in [1.165, 1.54) is 7.11 Å². The SMILES string of the molecule is COCOc1ccc(C2=CCC(Cl)C(=O)N2CC(F)F)c(Br)c1. The fraction of sp³-hybridized carbons (Fsp3) is 0.400. The van der Waals surface area contributed by atoms with Gasteiger partial charge in [-0.1, -0.05) is 6.08 Å². The smallest absolute Gasteiger partial charge is 0.256 e. The standard InChI is InChI=1S/C15H15BrClF2NO3/c1-22-8-23-9-2-3-10(11(16)6-9)13-5-4-12(17)15(21)20(13)7-14(18)19/h2-3,5-6,12,14H,4,7-8H2,1H3. The Hall–Kier alpha value is -1.18. The first kappa shape index (κ1) is 18.2. The summed E-state index contributed by atoms with van der Waals surface area (Å²) in [5.41, 5.74) is 1.03. The first-order valence-corrected chi connectivity index (χ1v) is 8.02. The van der Waals surface area contributed by atoms with Gasteiger partial charge in [-0.25, -0.2) is 8.78 Å². The van der Waals surface area contributed by atoms with Crippen molar-refractivity contribution in [1.29, 1.82) is 0 Å². The lowest BCUT2D eigenvalue weighted by molar-refractivity contribution is -0.129. The highest BCUT2D eigenvalue weighted by molar-refractivity contribution is 9.10. The normalized spacial score (nSPS) is 18.3. The van der Waals surface area contributed by atoms with Crippen molar-refractivity contribution in [3.8, 4) is 5.75 Å². The zero-order valence-corrected chi connectivity index (χ0v) is 14.6. The van der Waals surface area contributed by atoms with Crippen molar-refractivity contribution < 1.29 is 23.0 Å². The Bertz CT molecular complexity index is 612. The highest BCUT2D eigenvalue weighted by Gasteiger charge is 2.32. The molecule has 0 N–H and O–H groups in total. The number of nitrogens with zero attached hydrogens (tertiary/aromatic N) is 1. The van der Waals surface area contributed by atoms with Gasteiger partial charge in [-0.15, -0.1) is 11.6 Å². The van der Waals surface area contributed by atoms with Gasteiger partial charge in [-0.05, 0) is 40.5 Å². The number of halogens is 4. The molecular formula is C15H15BrClF2NO3. The second-order valence-corrected chi connectivity index (χ2v) is 6.21. The third-order valence-electron chi connectivity index (χ3n) is 3.22. The van der Waals surface area contributed by atoms with E-state index in [-0.39, 0.29) is 6.79 Å². The topological polar surface area (TPSA) is 38.8 Å². The molecule has 23 heavy (non-hydrogen) atoms. The Morgan fingerprint density at radius 3 is 2.83 bits per heavy atom. The Labute approximate surface area is 146 Å². The molecule has 1 aliphatic heterocycles. The van der Waals surface area contributed by atoms with Crippen molar-refractivity contribution in [2.75, 3.05) is 20.4 Å². The summed E-state index contributed by atoms with van der Waals surface area (Å²) in [6.07, 6.45) is -0.659. The zero-order valence-electron chi connectivity index (χ0n) is 12.3. The Balaban J connectivity index is 2.32. The van der Waals surface area contributed by atoms with Crippen LogP contribution in [0, 0.1) is 0 Å². The van der Waals surface area contributed by atoms with Gasteiger partial charge in [0.05, 0.1) is 6.54 Å². The van der Waals surface area contributed by atoms with Crippen molar-refractivity contribution in [1.82, 2.24) is 4.90 Å². The van der Waals surface area contributed by atoms with Crippen LogP contribution in [0.15, 0.2) is 28.7 Å². The van der Waals surface area contributed by atoms with Crippen LogP contribution in [0.25, 0.3) is 5.70 Å². The van der Waals surface area contributed by atoms with Crippen LogP contribution in [0.4, 0.5) is 8.78 Å². The minimum atomic E-state index is -2.65. The minimum Gasteiger partial charge on any atom is -0.468 e. The maximum absolute atomic E-state index is 12.8.